The molecule has 2 aromatic carbocycles. The number of carbonyl (C=O) groups excluding carboxylic acids is 3. The smallest absolute Gasteiger partial charge is 0.410 e. The van der Waals surface area contributed by atoms with Crippen LogP contribution in [-0.2, 0) is 31.0 Å². The monoisotopic (exact) mass is 478 g/mol. The van der Waals surface area contributed by atoms with E-state index in [0.717, 1.165) is 11.1 Å². The van der Waals surface area contributed by atoms with Crippen molar-refractivity contribution < 1.29 is 23.9 Å². The average Bonchev–Trinajstić information content (AvgIpc) is 2.81. The molecular weight excluding hydrogens is 444 g/mol. The number of ether oxygens (including phenoxy) is 2. The Morgan fingerprint density at radius 2 is 1.74 bits per heavy atom. The van der Waals surface area contributed by atoms with Gasteiger partial charge in [-0.05, 0) is 57.7 Å². The number of nitrogens with zero attached hydrogens (tertiary/aromatic N) is 1. The van der Waals surface area contributed by atoms with E-state index in [4.69, 9.17) is 9.47 Å². The molecule has 1 saturated carbocycles. The van der Waals surface area contributed by atoms with Gasteiger partial charge in [0.15, 0.2) is 0 Å². The summed E-state index contributed by atoms with van der Waals surface area (Å²) in [5, 5.41) is 3.00. The van der Waals surface area contributed by atoms with Crippen LogP contribution >= 0.6 is 0 Å². The van der Waals surface area contributed by atoms with Crippen molar-refractivity contribution in [3.63, 3.8) is 0 Å². The van der Waals surface area contributed by atoms with E-state index in [1.165, 1.54) is 7.11 Å². The Balaban J connectivity index is 1.72. The highest BCUT2D eigenvalue weighted by molar-refractivity contribution is 6.01. The third kappa shape index (κ3) is 4.28. The highest BCUT2D eigenvalue weighted by Crippen LogP contribution is 2.67. The summed E-state index contributed by atoms with van der Waals surface area (Å²) in [4.78, 5) is 41.1. The maximum absolute atomic E-state index is 13.2. The zero-order valence-corrected chi connectivity index (χ0v) is 21.1. The Morgan fingerprint density at radius 3 is 2.40 bits per heavy atom. The summed E-state index contributed by atoms with van der Waals surface area (Å²) in [7, 11) is 1.38. The standard InChI is InChI=1S/C28H34N2O5/c1-26(2,3)35-25(33)30(18-19-11-7-6-8-12-19)16-15-28-20-13-9-10-14-22(20)29-23(31)21(28)17-27(28,4)24(32)34-5/h6-14,21H,15-18H2,1-5H3,(H,29,31)/t21-,27-,28+/m1/s1. The first-order valence-electron chi connectivity index (χ1n) is 12.0. The lowest BCUT2D eigenvalue weighted by atomic mass is 9.39. The van der Waals surface area contributed by atoms with E-state index in [0.29, 0.717) is 31.6 Å². The van der Waals surface area contributed by atoms with Crippen molar-refractivity contribution >= 4 is 23.7 Å². The molecule has 2 aliphatic rings. The number of methoxy groups -OCH3 is 1. The Hall–Kier alpha value is -3.35. The van der Waals surface area contributed by atoms with Crippen LogP contribution in [0.4, 0.5) is 10.5 Å². The van der Waals surface area contributed by atoms with Gasteiger partial charge in [-0.3, -0.25) is 9.59 Å². The molecule has 35 heavy (non-hydrogen) atoms. The van der Waals surface area contributed by atoms with E-state index in [1.807, 2.05) is 82.3 Å². The fourth-order valence-electron chi connectivity index (χ4n) is 5.77. The second kappa shape index (κ2) is 9.02. The number of amides is 2. The third-order valence-corrected chi connectivity index (χ3v) is 7.45. The summed E-state index contributed by atoms with van der Waals surface area (Å²) in [5.41, 5.74) is 0.241. The summed E-state index contributed by atoms with van der Waals surface area (Å²) < 4.78 is 10.9. The molecule has 0 radical (unpaired) electrons. The number of benzene rings is 2. The lowest BCUT2D eigenvalue weighted by Gasteiger charge is -2.63. The number of fused-ring (bicyclic) bond motifs is 3. The molecule has 1 fully saturated rings. The van der Waals surface area contributed by atoms with Gasteiger partial charge in [-0.15, -0.1) is 0 Å². The van der Waals surface area contributed by atoms with Crippen molar-refractivity contribution in [1.82, 2.24) is 4.90 Å². The van der Waals surface area contributed by atoms with Gasteiger partial charge in [0.25, 0.3) is 0 Å². The van der Waals surface area contributed by atoms with Crippen LogP contribution in [0.1, 0.15) is 51.7 Å². The fraction of sp³-hybridized carbons (Fsp3) is 0.464. The Morgan fingerprint density at radius 1 is 1.09 bits per heavy atom. The minimum absolute atomic E-state index is 0.100. The SMILES string of the molecule is COC(=O)[C@@]1(C)C[C@@H]2C(=O)Nc3ccccc3[C@@]21CCN(Cc1ccccc1)C(=O)OC(C)(C)C. The van der Waals surface area contributed by atoms with E-state index in [2.05, 4.69) is 5.32 Å². The maximum atomic E-state index is 13.2. The second-order valence-electron chi connectivity index (χ2n) is 10.7. The predicted molar refractivity (Wildman–Crippen MR) is 133 cm³/mol. The molecule has 4 rings (SSSR count). The van der Waals surface area contributed by atoms with Gasteiger partial charge in [0.2, 0.25) is 5.91 Å². The highest BCUT2D eigenvalue weighted by atomic mass is 16.6. The lowest BCUT2D eigenvalue weighted by Crippen LogP contribution is -2.69. The summed E-state index contributed by atoms with van der Waals surface area (Å²) in [6.45, 7) is 8.06. The largest absolute Gasteiger partial charge is 0.469 e. The molecule has 0 spiro atoms. The van der Waals surface area contributed by atoms with Gasteiger partial charge < -0.3 is 19.7 Å². The number of carbonyl (C=O) groups is 3. The third-order valence-electron chi connectivity index (χ3n) is 7.45. The van der Waals surface area contributed by atoms with Crippen LogP contribution in [0.25, 0.3) is 0 Å². The molecule has 0 bridgehead atoms. The van der Waals surface area contributed by atoms with Crippen LogP contribution in [0.2, 0.25) is 0 Å². The van der Waals surface area contributed by atoms with E-state index in [9.17, 15) is 14.4 Å². The number of hydrogen-bond acceptors (Lipinski definition) is 5. The van der Waals surface area contributed by atoms with Gasteiger partial charge in [0, 0.05) is 24.2 Å². The molecule has 1 N–H and O–H groups in total. The number of esters is 1. The van der Waals surface area contributed by atoms with E-state index < -0.39 is 28.4 Å². The molecular formula is C28H34N2O5. The Kier molecular flexibility index (Phi) is 6.38. The zero-order valence-electron chi connectivity index (χ0n) is 21.1. The second-order valence-corrected chi connectivity index (χ2v) is 10.7. The molecule has 3 atom stereocenters. The number of para-hydroxylation sites is 1. The molecule has 1 aliphatic carbocycles. The Labute approximate surface area is 206 Å². The van der Waals surface area contributed by atoms with Crippen molar-refractivity contribution in [2.24, 2.45) is 11.3 Å². The van der Waals surface area contributed by atoms with Crippen molar-refractivity contribution in [1.29, 1.82) is 0 Å². The van der Waals surface area contributed by atoms with Crippen molar-refractivity contribution in [2.45, 2.75) is 58.1 Å². The number of anilines is 1. The van der Waals surface area contributed by atoms with E-state index >= 15 is 0 Å². The molecule has 1 aliphatic heterocycles. The maximum Gasteiger partial charge on any atom is 0.410 e. The topological polar surface area (TPSA) is 84.9 Å². The van der Waals surface area contributed by atoms with E-state index in [1.54, 1.807) is 4.90 Å². The normalized spacial score (nSPS) is 24.8. The highest BCUT2D eigenvalue weighted by Gasteiger charge is 2.71. The van der Waals surface area contributed by atoms with Crippen molar-refractivity contribution in [3.05, 3.63) is 65.7 Å². The molecule has 0 aromatic heterocycles. The average molecular weight is 479 g/mol. The molecule has 1 heterocycles. The molecule has 2 aromatic rings. The summed E-state index contributed by atoms with van der Waals surface area (Å²) in [6, 6.07) is 17.3. The van der Waals surface area contributed by atoms with Gasteiger partial charge in [0.1, 0.15) is 5.60 Å². The van der Waals surface area contributed by atoms with Crippen LogP contribution in [0.3, 0.4) is 0 Å². The van der Waals surface area contributed by atoms with Gasteiger partial charge in [-0.2, -0.15) is 0 Å². The molecule has 7 heteroatoms. The zero-order chi connectivity index (χ0) is 25.4. The van der Waals surface area contributed by atoms with Gasteiger partial charge in [0.05, 0.1) is 18.4 Å². The first-order valence-corrected chi connectivity index (χ1v) is 12.0. The van der Waals surface area contributed by atoms with Gasteiger partial charge in [-0.1, -0.05) is 48.5 Å². The molecule has 0 unspecified atom stereocenters. The van der Waals surface area contributed by atoms with Crippen LogP contribution in [0.5, 0.6) is 0 Å². The Bertz CT molecular complexity index is 1130. The fourth-order valence-corrected chi connectivity index (χ4v) is 5.77. The van der Waals surface area contributed by atoms with Crippen molar-refractivity contribution in [2.75, 3.05) is 19.0 Å². The first kappa shape index (κ1) is 24.8. The molecule has 186 valence electrons. The van der Waals surface area contributed by atoms with Crippen molar-refractivity contribution in [3.8, 4) is 0 Å². The number of nitrogens with one attached hydrogen (secondary N) is 1. The van der Waals surface area contributed by atoms with E-state index in [-0.39, 0.29) is 11.9 Å². The molecule has 0 saturated heterocycles. The molecule has 7 nitrogen and oxygen atoms in total. The van der Waals surface area contributed by atoms with Gasteiger partial charge >= 0.3 is 12.1 Å². The number of hydrogen-bond donors (Lipinski definition) is 1. The minimum Gasteiger partial charge on any atom is -0.469 e. The summed E-state index contributed by atoms with van der Waals surface area (Å²) in [5.74, 6) is -0.833. The summed E-state index contributed by atoms with van der Waals surface area (Å²) in [6.07, 6.45) is 0.382. The van der Waals surface area contributed by atoms with Crippen LogP contribution in [0.15, 0.2) is 54.6 Å². The summed E-state index contributed by atoms with van der Waals surface area (Å²) >= 11 is 0. The molecule has 2 amide bonds. The van der Waals surface area contributed by atoms with Crippen LogP contribution in [0, 0.1) is 11.3 Å². The van der Waals surface area contributed by atoms with Crippen LogP contribution < -0.4 is 5.32 Å². The predicted octanol–water partition coefficient (Wildman–Crippen LogP) is 4.90. The van der Waals surface area contributed by atoms with Crippen LogP contribution in [-0.4, -0.2) is 42.1 Å². The quantitative estimate of drug-likeness (QED) is 0.597. The minimum atomic E-state index is -0.896. The van der Waals surface area contributed by atoms with Gasteiger partial charge in [-0.25, -0.2) is 4.79 Å². The number of rotatable bonds is 6. The lowest BCUT2D eigenvalue weighted by molar-refractivity contribution is -0.179. The first-order chi connectivity index (χ1) is 16.5.